The number of hydrogen-bond acceptors (Lipinski definition) is 4. The molecule has 0 amide bonds. The second-order valence-electron chi connectivity index (χ2n) is 4.10. The zero-order chi connectivity index (χ0) is 13.6. The summed E-state index contributed by atoms with van der Waals surface area (Å²) in [5.74, 6) is -0.239. The van der Waals surface area contributed by atoms with Gasteiger partial charge in [0, 0.05) is 11.6 Å². The van der Waals surface area contributed by atoms with Gasteiger partial charge in [-0.05, 0) is 25.5 Å². The molecule has 0 spiro atoms. The van der Waals surface area contributed by atoms with E-state index in [1.807, 2.05) is 19.1 Å². The van der Waals surface area contributed by atoms with Gasteiger partial charge in [0.2, 0.25) is 0 Å². The zero-order valence-electron chi connectivity index (χ0n) is 10.2. The molecule has 100 valence electrons. The van der Waals surface area contributed by atoms with Crippen molar-refractivity contribution in [3.05, 3.63) is 35.4 Å². The summed E-state index contributed by atoms with van der Waals surface area (Å²) in [6.45, 7) is 2.44. The Morgan fingerprint density at radius 1 is 1.33 bits per heavy atom. The molecule has 1 atom stereocenters. The van der Waals surface area contributed by atoms with E-state index in [4.69, 9.17) is 4.55 Å². The van der Waals surface area contributed by atoms with Crippen molar-refractivity contribution in [2.24, 2.45) is 0 Å². The molecule has 1 aromatic carbocycles. The van der Waals surface area contributed by atoms with Crippen LogP contribution in [0.25, 0.3) is 0 Å². The quantitative estimate of drug-likeness (QED) is 0.445. The van der Waals surface area contributed by atoms with Crippen LogP contribution in [0.15, 0.2) is 24.3 Å². The molecule has 0 aliphatic heterocycles. The van der Waals surface area contributed by atoms with Gasteiger partial charge in [0.15, 0.2) is 0 Å². The Bertz CT molecular complexity index is 481. The Morgan fingerprint density at radius 2 is 1.94 bits per heavy atom. The van der Waals surface area contributed by atoms with Gasteiger partial charge in [-0.25, -0.2) is 0 Å². The summed E-state index contributed by atoms with van der Waals surface area (Å²) in [5.41, 5.74) is 1.64. The van der Waals surface area contributed by atoms with Crippen LogP contribution < -0.4 is 5.32 Å². The fraction of sp³-hybridized carbons (Fsp3) is 0.417. The monoisotopic (exact) mass is 271 g/mol. The van der Waals surface area contributed by atoms with E-state index in [0.717, 1.165) is 11.8 Å². The highest BCUT2D eigenvalue weighted by Crippen LogP contribution is 2.12. The average Bonchev–Trinajstić information content (AvgIpc) is 2.33. The van der Waals surface area contributed by atoms with Crippen LogP contribution in [0.2, 0.25) is 0 Å². The van der Waals surface area contributed by atoms with Crippen molar-refractivity contribution in [2.45, 2.75) is 19.4 Å². The molecular formula is C12H17NO4S. The molecule has 1 aromatic rings. The lowest BCUT2D eigenvalue weighted by Crippen LogP contribution is -2.21. The van der Waals surface area contributed by atoms with E-state index < -0.39 is 10.1 Å². The van der Waals surface area contributed by atoms with Crippen molar-refractivity contribution in [1.29, 1.82) is 0 Å². The molecule has 0 aliphatic carbocycles. The lowest BCUT2D eigenvalue weighted by molar-refractivity contribution is 0.112. The number of aldehydes is 1. The summed E-state index contributed by atoms with van der Waals surface area (Å²) < 4.78 is 29.6. The molecule has 0 aliphatic rings. The first-order valence-corrected chi connectivity index (χ1v) is 7.27. The van der Waals surface area contributed by atoms with Crippen molar-refractivity contribution in [2.75, 3.05) is 12.3 Å². The number of hydrogen-bond donors (Lipinski definition) is 2. The molecule has 0 radical (unpaired) electrons. The summed E-state index contributed by atoms with van der Waals surface area (Å²) in [4.78, 5) is 10.5. The Labute approximate surface area is 107 Å². The topological polar surface area (TPSA) is 83.5 Å². The Hall–Kier alpha value is -1.24. The second-order valence-corrected chi connectivity index (χ2v) is 5.67. The minimum atomic E-state index is -3.87. The summed E-state index contributed by atoms with van der Waals surface area (Å²) in [5, 5.41) is 3.15. The van der Waals surface area contributed by atoms with E-state index in [9.17, 15) is 13.2 Å². The lowest BCUT2D eigenvalue weighted by Gasteiger charge is -2.13. The SMILES string of the molecule is C[C@@H](NCCCS(=O)(=O)O)c1ccc(C=O)cc1. The maximum Gasteiger partial charge on any atom is 0.264 e. The molecule has 18 heavy (non-hydrogen) atoms. The summed E-state index contributed by atoms with van der Waals surface area (Å²) >= 11 is 0. The zero-order valence-corrected chi connectivity index (χ0v) is 11.0. The van der Waals surface area contributed by atoms with Crippen LogP contribution in [0.4, 0.5) is 0 Å². The smallest absolute Gasteiger partial charge is 0.264 e. The third-order valence-corrected chi connectivity index (χ3v) is 3.41. The minimum absolute atomic E-state index is 0.0621. The van der Waals surface area contributed by atoms with Gasteiger partial charge in [-0.1, -0.05) is 24.3 Å². The van der Waals surface area contributed by atoms with E-state index in [0.29, 0.717) is 18.5 Å². The van der Waals surface area contributed by atoms with Crippen molar-refractivity contribution in [3.8, 4) is 0 Å². The van der Waals surface area contributed by atoms with Crippen LogP contribution in [0.1, 0.15) is 35.3 Å². The van der Waals surface area contributed by atoms with Crippen LogP contribution in [-0.2, 0) is 10.1 Å². The second kappa shape index (κ2) is 6.63. The molecule has 0 saturated carbocycles. The molecule has 6 heteroatoms. The normalized spacial score (nSPS) is 13.2. The summed E-state index contributed by atoms with van der Waals surface area (Å²) in [7, 11) is -3.87. The minimum Gasteiger partial charge on any atom is -0.310 e. The number of nitrogens with one attached hydrogen (secondary N) is 1. The third-order valence-electron chi connectivity index (χ3n) is 2.60. The van der Waals surface area contributed by atoms with Crippen LogP contribution in [0.5, 0.6) is 0 Å². The highest BCUT2D eigenvalue weighted by atomic mass is 32.2. The van der Waals surface area contributed by atoms with Crippen molar-refractivity contribution in [1.82, 2.24) is 5.32 Å². The predicted molar refractivity (Wildman–Crippen MR) is 69.3 cm³/mol. The maximum atomic E-state index is 10.5. The summed E-state index contributed by atoms with van der Waals surface area (Å²) in [6.07, 6.45) is 1.14. The molecule has 5 nitrogen and oxygen atoms in total. The number of benzene rings is 1. The van der Waals surface area contributed by atoms with E-state index in [1.165, 1.54) is 0 Å². The molecule has 0 fully saturated rings. The van der Waals surface area contributed by atoms with Gasteiger partial charge in [0.25, 0.3) is 10.1 Å². The van der Waals surface area contributed by atoms with E-state index in [2.05, 4.69) is 5.32 Å². The first-order valence-electron chi connectivity index (χ1n) is 5.66. The Kier molecular flexibility index (Phi) is 5.46. The van der Waals surface area contributed by atoms with Gasteiger partial charge in [-0.15, -0.1) is 0 Å². The number of rotatable bonds is 7. The van der Waals surface area contributed by atoms with Gasteiger partial charge in [-0.2, -0.15) is 8.42 Å². The molecule has 0 unspecified atom stereocenters. The van der Waals surface area contributed by atoms with Crippen molar-refractivity contribution in [3.63, 3.8) is 0 Å². The van der Waals surface area contributed by atoms with Gasteiger partial charge < -0.3 is 5.32 Å². The molecule has 0 bridgehead atoms. The van der Waals surface area contributed by atoms with Crippen molar-refractivity contribution < 1.29 is 17.8 Å². The number of carbonyl (C=O) groups is 1. The predicted octanol–water partition coefficient (Wildman–Crippen LogP) is 1.43. The van der Waals surface area contributed by atoms with Crippen LogP contribution in [0.3, 0.4) is 0 Å². The summed E-state index contributed by atoms with van der Waals surface area (Å²) in [6, 6.07) is 7.23. The first kappa shape index (κ1) is 14.8. The van der Waals surface area contributed by atoms with E-state index >= 15 is 0 Å². The largest absolute Gasteiger partial charge is 0.310 e. The molecule has 0 aromatic heterocycles. The molecule has 0 saturated heterocycles. The molecule has 2 N–H and O–H groups in total. The van der Waals surface area contributed by atoms with Crippen LogP contribution >= 0.6 is 0 Å². The fourth-order valence-corrected chi connectivity index (χ4v) is 2.06. The van der Waals surface area contributed by atoms with Gasteiger partial charge >= 0.3 is 0 Å². The number of carbonyl (C=O) groups excluding carboxylic acids is 1. The average molecular weight is 271 g/mol. The van der Waals surface area contributed by atoms with Gasteiger partial charge in [0.1, 0.15) is 6.29 Å². The maximum absolute atomic E-state index is 10.5. The van der Waals surface area contributed by atoms with Crippen LogP contribution in [0, 0.1) is 0 Å². The third kappa shape index (κ3) is 5.39. The fourth-order valence-electron chi connectivity index (χ4n) is 1.55. The molecular weight excluding hydrogens is 254 g/mol. The first-order chi connectivity index (χ1) is 8.42. The van der Waals surface area contributed by atoms with Crippen molar-refractivity contribution >= 4 is 16.4 Å². The van der Waals surface area contributed by atoms with E-state index in [1.54, 1.807) is 12.1 Å². The Morgan fingerprint density at radius 3 is 2.44 bits per heavy atom. The lowest BCUT2D eigenvalue weighted by atomic mass is 10.1. The highest BCUT2D eigenvalue weighted by molar-refractivity contribution is 7.85. The van der Waals surface area contributed by atoms with E-state index in [-0.39, 0.29) is 11.8 Å². The molecule has 0 heterocycles. The highest BCUT2D eigenvalue weighted by Gasteiger charge is 2.06. The van der Waals surface area contributed by atoms with Gasteiger partial charge in [0.05, 0.1) is 5.75 Å². The molecule has 1 rings (SSSR count). The van der Waals surface area contributed by atoms with Crippen LogP contribution in [-0.4, -0.2) is 31.6 Å². The van der Waals surface area contributed by atoms with Gasteiger partial charge in [-0.3, -0.25) is 9.35 Å². The Balaban J connectivity index is 2.40. The standard InChI is InChI=1S/C12H17NO4S/c1-10(13-7-2-8-18(15,16)17)12-5-3-11(9-14)4-6-12/h3-6,9-10,13H,2,7-8H2,1H3,(H,15,16,17)/t10-/m1/s1.